The van der Waals surface area contributed by atoms with Crippen molar-refractivity contribution in [3.05, 3.63) is 0 Å². The third-order valence-corrected chi connectivity index (χ3v) is 2.88. The molecule has 2 rings (SSSR count). The van der Waals surface area contributed by atoms with Gasteiger partial charge < -0.3 is 14.2 Å². The highest BCUT2D eigenvalue weighted by Crippen LogP contribution is 2.39. The molecule has 5 heteroatoms. The van der Waals surface area contributed by atoms with Gasteiger partial charge in [0.25, 0.3) is 0 Å². The van der Waals surface area contributed by atoms with Crippen LogP contribution in [0, 0.1) is 5.92 Å². The highest BCUT2D eigenvalue weighted by Gasteiger charge is 2.53. The zero-order valence-electron chi connectivity index (χ0n) is 9.69. The van der Waals surface area contributed by atoms with Gasteiger partial charge in [0.05, 0.1) is 6.61 Å². The van der Waals surface area contributed by atoms with E-state index in [1.165, 1.54) is 6.92 Å². The van der Waals surface area contributed by atoms with E-state index >= 15 is 0 Å². The number of hydrogen-bond donors (Lipinski definition) is 0. The Labute approximate surface area is 94.0 Å². The van der Waals surface area contributed by atoms with Gasteiger partial charge in [-0.15, -0.1) is 0 Å². The summed E-state index contributed by atoms with van der Waals surface area (Å²) in [6.07, 6.45) is -0.406. The van der Waals surface area contributed by atoms with Crippen molar-refractivity contribution in [2.24, 2.45) is 5.92 Å². The molecule has 1 aliphatic carbocycles. The molecule has 90 valence electrons. The van der Waals surface area contributed by atoms with E-state index in [2.05, 4.69) is 0 Å². The highest BCUT2D eigenvalue weighted by atomic mass is 16.8. The second-order valence-corrected chi connectivity index (χ2v) is 4.75. The molecule has 0 amide bonds. The lowest BCUT2D eigenvalue weighted by Gasteiger charge is -2.20. The van der Waals surface area contributed by atoms with Gasteiger partial charge in [-0.2, -0.15) is 0 Å². The Morgan fingerprint density at radius 3 is 2.81 bits per heavy atom. The van der Waals surface area contributed by atoms with E-state index in [4.69, 9.17) is 14.2 Å². The Morgan fingerprint density at radius 1 is 1.50 bits per heavy atom. The average Bonchev–Trinajstić information content (AvgIpc) is 2.59. The lowest BCUT2D eigenvalue weighted by atomic mass is 10.1. The number of rotatable bonds is 2. The van der Waals surface area contributed by atoms with Crippen LogP contribution in [0.2, 0.25) is 0 Å². The SMILES string of the molecule is CC(=O)OC[C@H]1CC(=O)[C@@H]2OC(C)(C)O[C@H]12. The smallest absolute Gasteiger partial charge is 0.302 e. The van der Waals surface area contributed by atoms with Crippen LogP contribution in [-0.2, 0) is 23.8 Å². The molecule has 0 spiro atoms. The number of carbonyl (C=O) groups excluding carboxylic acids is 2. The van der Waals surface area contributed by atoms with Crippen LogP contribution in [0.5, 0.6) is 0 Å². The molecule has 1 aliphatic heterocycles. The zero-order chi connectivity index (χ0) is 11.9. The average molecular weight is 228 g/mol. The Balaban J connectivity index is 2.02. The van der Waals surface area contributed by atoms with E-state index < -0.39 is 11.9 Å². The quantitative estimate of drug-likeness (QED) is 0.650. The van der Waals surface area contributed by atoms with Crippen LogP contribution in [-0.4, -0.2) is 36.4 Å². The third-order valence-electron chi connectivity index (χ3n) is 2.88. The van der Waals surface area contributed by atoms with Crippen molar-refractivity contribution >= 4 is 11.8 Å². The fraction of sp³-hybridized carbons (Fsp3) is 0.818. The molecule has 5 nitrogen and oxygen atoms in total. The van der Waals surface area contributed by atoms with Crippen molar-refractivity contribution < 1.29 is 23.8 Å². The molecule has 2 aliphatic rings. The molecule has 2 fully saturated rings. The van der Waals surface area contributed by atoms with Gasteiger partial charge in [-0.1, -0.05) is 0 Å². The molecule has 3 atom stereocenters. The Hall–Kier alpha value is -0.940. The maximum absolute atomic E-state index is 11.7. The summed E-state index contributed by atoms with van der Waals surface area (Å²) in [6.45, 7) is 5.13. The Kier molecular flexibility index (Phi) is 2.75. The van der Waals surface area contributed by atoms with Crippen molar-refractivity contribution in [1.82, 2.24) is 0 Å². The summed E-state index contributed by atoms with van der Waals surface area (Å²) in [4.78, 5) is 22.4. The largest absolute Gasteiger partial charge is 0.465 e. The summed E-state index contributed by atoms with van der Waals surface area (Å²) in [5.41, 5.74) is 0. The standard InChI is InChI=1S/C11H16O5/c1-6(12)14-5-7-4-8(13)10-9(7)15-11(2,3)16-10/h7,9-10H,4-5H2,1-3H3/t7-,9-,10+/m1/s1. The minimum atomic E-state index is -0.722. The normalized spacial score (nSPS) is 36.2. The molecule has 1 saturated carbocycles. The minimum Gasteiger partial charge on any atom is -0.465 e. The lowest BCUT2D eigenvalue weighted by Crippen LogP contribution is -2.28. The molecule has 0 aromatic heterocycles. The van der Waals surface area contributed by atoms with E-state index in [1.807, 2.05) is 0 Å². The first-order valence-corrected chi connectivity index (χ1v) is 5.41. The molecule has 0 aromatic rings. The van der Waals surface area contributed by atoms with Gasteiger partial charge in [-0.25, -0.2) is 0 Å². The molecule has 0 unspecified atom stereocenters. The maximum Gasteiger partial charge on any atom is 0.302 e. The monoisotopic (exact) mass is 228 g/mol. The van der Waals surface area contributed by atoms with Gasteiger partial charge in [-0.05, 0) is 13.8 Å². The van der Waals surface area contributed by atoms with E-state index in [1.54, 1.807) is 13.8 Å². The van der Waals surface area contributed by atoms with E-state index in [0.717, 1.165) is 0 Å². The summed E-state index contributed by atoms with van der Waals surface area (Å²) >= 11 is 0. The van der Waals surface area contributed by atoms with Gasteiger partial charge >= 0.3 is 5.97 Å². The zero-order valence-corrected chi connectivity index (χ0v) is 9.69. The summed E-state index contributed by atoms with van der Waals surface area (Å²) in [5.74, 6) is -1.11. The summed E-state index contributed by atoms with van der Waals surface area (Å²) in [7, 11) is 0. The van der Waals surface area contributed by atoms with Crippen molar-refractivity contribution in [2.45, 2.75) is 45.2 Å². The van der Waals surface area contributed by atoms with Gasteiger partial charge in [-0.3, -0.25) is 9.59 Å². The third kappa shape index (κ3) is 2.10. The van der Waals surface area contributed by atoms with Crippen LogP contribution in [0.15, 0.2) is 0 Å². The second-order valence-electron chi connectivity index (χ2n) is 4.75. The minimum absolute atomic E-state index is 0.0349. The van der Waals surface area contributed by atoms with Crippen LogP contribution >= 0.6 is 0 Å². The summed E-state index contributed by atoms with van der Waals surface area (Å²) in [5, 5.41) is 0. The van der Waals surface area contributed by atoms with Gasteiger partial charge in [0.2, 0.25) is 0 Å². The number of ether oxygens (including phenoxy) is 3. The molecular weight excluding hydrogens is 212 g/mol. The van der Waals surface area contributed by atoms with E-state index in [-0.39, 0.29) is 30.4 Å². The number of Topliss-reactive ketones (excluding diaryl/α,β-unsaturated/α-hetero) is 1. The number of hydrogen-bond acceptors (Lipinski definition) is 5. The molecule has 1 saturated heterocycles. The first-order valence-electron chi connectivity index (χ1n) is 5.41. The van der Waals surface area contributed by atoms with Crippen LogP contribution < -0.4 is 0 Å². The maximum atomic E-state index is 11.7. The predicted molar refractivity (Wildman–Crippen MR) is 53.6 cm³/mol. The van der Waals surface area contributed by atoms with Crippen LogP contribution in [0.1, 0.15) is 27.2 Å². The Morgan fingerprint density at radius 2 is 2.19 bits per heavy atom. The molecule has 0 bridgehead atoms. The summed E-state index contributed by atoms with van der Waals surface area (Å²) < 4.78 is 16.1. The lowest BCUT2D eigenvalue weighted by molar-refractivity contribution is -0.166. The summed E-state index contributed by atoms with van der Waals surface area (Å²) in [6, 6.07) is 0. The van der Waals surface area contributed by atoms with Crippen LogP contribution in [0.3, 0.4) is 0 Å². The molecule has 0 aromatic carbocycles. The number of fused-ring (bicyclic) bond motifs is 1. The highest BCUT2D eigenvalue weighted by molar-refractivity contribution is 5.87. The van der Waals surface area contributed by atoms with Crippen molar-refractivity contribution in [1.29, 1.82) is 0 Å². The van der Waals surface area contributed by atoms with Crippen LogP contribution in [0.25, 0.3) is 0 Å². The number of esters is 1. The van der Waals surface area contributed by atoms with Gasteiger partial charge in [0.15, 0.2) is 11.6 Å². The molecule has 1 heterocycles. The first-order chi connectivity index (χ1) is 7.39. The fourth-order valence-electron chi connectivity index (χ4n) is 2.25. The van der Waals surface area contributed by atoms with Crippen molar-refractivity contribution in [2.75, 3.05) is 6.61 Å². The van der Waals surface area contributed by atoms with Crippen molar-refractivity contribution in [3.63, 3.8) is 0 Å². The molecular formula is C11H16O5. The second kappa shape index (κ2) is 3.82. The molecule has 0 radical (unpaired) electrons. The Bertz CT molecular complexity index is 322. The van der Waals surface area contributed by atoms with E-state index in [9.17, 15) is 9.59 Å². The van der Waals surface area contributed by atoms with Crippen LogP contribution in [0.4, 0.5) is 0 Å². The first kappa shape index (κ1) is 11.5. The molecule has 16 heavy (non-hydrogen) atoms. The number of ketones is 1. The number of carbonyl (C=O) groups is 2. The molecule has 0 N–H and O–H groups in total. The predicted octanol–water partition coefficient (Wildman–Crippen LogP) is 0.659. The fourth-order valence-corrected chi connectivity index (χ4v) is 2.25. The van der Waals surface area contributed by atoms with Gasteiger partial charge in [0.1, 0.15) is 12.2 Å². The van der Waals surface area contributed by atoms with Gasteiger partial charge in [0, 0.05) is 19.3 Å². The topological polar surface area (TPSA) is 61.8 Å². The van der Waals surface area contributed by atoms with Crippen molar-refractivity contribution in [3.8, 4) is 0 Å². The van der Waals surface area contributed by atoms with E-state index in [0.29, 0.717) is 6.42 Å².